The monoisotopic (exact) mass is 292 g/mol. The SMILES string of the molecule is COc1cc(Cl)cc(CNc2ccc(C)nc2C)c1O. The van der Waals surface area contributed by atoms with Crippen molar-refractivity contribution in [1.29, 1.82) is 0 Å². The minimum Gasteiger partial charge on any atom is -0.504 e. The van der Waals surface area contributed by atoms with Gasteiger partial charge in [-0.1, -0.05) is 11.6 Å². The zero-order valence-corrected chi connectivity index (χ0v) is 12.5. The number of aromatic hydroxyl groups is 1. The summed E-state index contributed by atoms with van der Waals surface area (Å²) in [7, 11) is 1.50. The fourth-order valence-electron chi connectivity index (χ4n) is 1.98. The highest BCUT2D eigenvalue weighted by Gasteiger charge is 2.10. The van der Waals surface area contributed by atoms with Crippen LogP contribution in [0.4, 0.5) is 5.69 Å². The fourth-order valence-corrected chi connectivity index (χ4v) is 2.21. The summed E-state index contributed by atoms with van der Waals surface area (Å²) in [6.07, 6.45) is 0. The molecule has 0 unspecified atom stereocenters. The molecular formula is C15H17ClN2O2. The van der Waals surface area contributed by atoms with Crippen molar-refractivity contribution in [3.05, 3.63) is 46.2 Å². The van der Waals surface area contributed by atoms with E-state index < -0.39 is 0 Å². The Morgan fingerprint density at radius 1 is 1.30 bits per heavy atom. The van der Waals surface area contributed by atoms with E-state index in [0.29, 0.717) is 22.9 Å². The molecule has 0 saturated heterocycles. The lowest BCUT2D eigenvalue weighted by Crippen LogP contribution is -2.03. The van der Waals surface area contributed by atoms with Crippen LogP contribution < -0.4 is 10.1 Å². The topological polar surface area (TPSA) is 54.4 Å². The highest BCUT2D eigenvalue weighted by molar-refractivity contribution is 6.30. The van der Waals surface area contributed by atoms with Crippen molar-refractivity contribution in [3.8, 4) is 11.5 Å². The van der Waals surface area contributed by atoms with E-state index in [-0.39, 0.29) is 5.75 Å². The Bertz CT molecular complexity index is 630. The van der Waals surface area contributed by atoms with Crippen LogP contribution in [0, 0.1) is 13.8 Å². The number of phenols is 1. The van der Waals surface area contributed by atoms with E-state index in [1.54, 1.807) is 12.1 Å². The van der Waals surface area contributed by atoms with E-state index in [1.807, 2.05) is 26.0 Å². The Kier molecular flexibility index (Phi) is 4.35. The molecule has 2 N–H and O–H groups in total. The van der Waals surface area contributed by atoms with Gasteiger partial charge in [0.2, 0.25) is 0 Å². The van der Waals surface area contributed by atoms with Crippen molar-refractivity contribution in [2.24, 2.45) is 0 Å². The molecule has 1 aromatic heterocycles. The van der Waals surface area contributed by atoms with Crippen LogP contribution >= 0.6 is 11.6 Å². The molecule has 0 aliphatic heterocycles. The molecular weight excluding hydrogens is 276 g/mol. The summed E-state index contributed by atoms with van der Waals surface area (Å²) in [5.74, 6) is 0.468. The van der Waals surface area contributed by atoms with Crippen LogP contribution in [0.1, 0.15) is 17.0 Å². The number of aryl methyl sites for hydroxylation is 2. The van der Waals surface area contributed by atoms with Crippen LogP contribution in [-0.2, 0) is 6.54 Å². The first-order chi connectivity index (χ1) is 9.51. The molecule has 106 valence electrons. The van der Waals surface area contributed by atoms with Gasteiger partial charge in [0.1, 0.15) is 0 Å². The first kappa shape index (κ1) is 14.5. The number of anilines is 1. The van der Waals surface area contributed by atoms with Crippen LogP contribution in [0.5, 0.6) is 11.5 Å². The van der Waals surface area contributed by atoms with Gasteiger partial charge in [-0.3, -0.25) is 4.98 Å². The van der Waals surface area contributed by atoms with Gasteiger partial charge in [0, 0.05) is 28.9 Å². The Labute approximate surface area is 123 Å². The molecule has 4 nitrogen and oxygen atoms in total. The largest absolute Gasteiger partial charge is 0.504 e. The van der Waals surface area contributed by atoms with E-state index in [9.17, 15) is 5.11 Å². The number of nitrogens with zero attached hydrogens (tertiary/aromatic N) is 1. The quantitative estimate of drug-likeness (QED) is 0.902. The number of pyridine rings is 1. The summed E-state index contributed by atoms with van der Waals surface area (Å²) in [6, 6.07) is 7.20. The van der Waals surface area contributed by atoms with Gasteiger partial charge in [-0.05, 0) is 32.0 Å². The molecule has 0 radical (unpaired) electrons. The van der Waals surface area contributed by atoms with Gasteiger partial charge < -0.3 is 15.2 Å². The lowest BCUT2D eigenvalue weighted by molar-refractivity contribution is 0.371. The molecule has 20 heavy (non-hydrogen) atoms. The molecule has 0 atom stereocenters. The third kappa shape index (κ3) is 3.14. The summed E-state index contributed by atoms with van der Waals surface area (Å²) in [6.45, 7) is 4.33. The van der Waals surface area contributed by atoms with Gasteiger partial charge in [-0.15, -0.1) is 0 Å². The molecule has 1 heterocycles. The number of aromatic nitrogens is 1. The Morgan fingerprint density at radius 2 is 2.05 bits per heavy atom. The maximum absolute atomic E-state index is 10.1. The standard InChI is InChI=1S/C15H17ClN2O2/c1-9-4-5-13(10(2)18-9)17-8-11-6-12(16)7-14(20-3)15(11)19/h4-7,17,19H,8H2,1-3H3. The zero-order valence-electron chi connectivity index (χ0n) is 11.7. The van der Waals surface area contributed by atoms with Crippen molar-refractivity contribution < 1.29 is 9.84 Å². The summed E-state index contributed by atoms with van der Waals surface area (Å²) in [5, 5.41) is 13.8. The number of halogens is 1. The zero-order chi connectivity index (χ0) is 14.7. The van der Waals surface area contributed by atoms with Gasteiger partial charge in [0.25, 0.3) is 0 Å². The predicted molar refractivity (Wildman–Crippen MR) is 80.7 cm³/mol. The Morgan fingerprint density at radius 3 is 2.70 bits per heavy atom. The number of benzene rings is 1. The van der Waals surface area contributed by atoms with Crippen LogP contribution in [0.2, 0.25) is 5.02 Å². The van der Waals surface area contributed by atoms with Crippen molar-refractivity contribution >= 4 is 17.3 Å². The summed E-state index contributed by atoms with van der Waals surface area (Å²) < 4.78 is 5.08. The highest BCUT2D eigenvalue weighted by atomic mass is 35.5. The third-order valence-corrected chi connectivity index (χ3v) is 3.25. The summed E-state index contributed by atoms with van der Waals surface area (Å²) in [5.41, 5.74) is 3.49. The molecule has 2 aromatic rings. The van der Waals surface area contributed by atoms with E-state index in [2.05, 4.69) is 10.3 Å². The first-order valence-electron chi connectivity index (χ1n) is 6.24. The van der Waals surface area contributed by atoms with Crippen molar-refractivity contribution in [2.45, 2.75) is 20.4 Å². The third-order valence-electron chi connectivity index (χ3n) is 3.03. The normalized spacial score (nSPS) is 10.4. The van der Waals surface area contributed by atoms with Crippen LogP contribution in [0.25, 0.3) is 0 Å². The van der Waals surface area contributed by atoms with Gasteiger partial charge in [0.05, 0.1) is 18.5 Å². The lowest BCUT2D eigenvalue weighted by atomic mass is 10.1. The number of rotatable bonds is 4. The Hall–Kier alpha value is -1.94. The average molecular weight is 293 g/mol. The molecule has 0 bridgehead atoms. The molecule has 5 heteroatoms. The number of methoxy groups -OCH3 is 1. The molecule has 1 aromatic carbocycles. The molecule has 0 spiro atoms. The van der Waals surface area contributed by atoms with Gasteiger partial charge in [0.15, 0.2) is 11.5 Å². The minimum atomic E-state index is 0.0992. The van der Waals surface area contributed by atoms with Crippen LogP contribution in [0.15, 0.2) is 24.3 Å². The number of hydrogen-bond donors (Lipinski definition) is 2. The second-order valence-electron chi connectivity index (χ2n) is 4.55. The molecule has 0 saturated carbocycles. The van der Waals surface area contributed by atoms with E-state index in [0.717, 1.165) is 17.1 Å². The predicted octanol–water partition coefficient (Wildman–Crippen LogP) is 3.68. The van der Waals surface area contributed by atoms with Crippen molar-refractivity contribution in [3.63, 3.8) is 0 Å². The minimum absolute atomic E-state index is 0.0992. The highest BCUT2D eigenvalue weighted by Crippen LogP contribution is 2.33. The molecule has 0 amide bonds. The van der Waals surface area contributed by atoms with Crippen LogP contribution in [0.3, 0.4) is 0 Å². The van der Waals surface area contributed by atoms with E-state index in [1.165, 1.54) is 7.11 Å². The van der Waals surface area contributed by atoms with Gasteiger partial charge >= 0.3 is 0 Å². The molecule has 2 rings (SSSR count). The molecule has 0 fully saturated rings. The number of nitrogens with one attached hydrogen (secondary N) is 1. The summed E-state index contributed by atoms with van der Waals surface area (Å²) in [4.78, 5) is 4.38. The van der Waals surface area contributed by atoms with Gasteiger partial charge in [-0.25, -0.2) is 0 Å². The second-order valence-corrected chi connectivity index (χ2v) is 4.99. The smallest absolute Gasteiger partial charge is 0.162 e. The van der Waals surface area contributed by atoms with Crippen molar-refractivity contribution in [1.82, 2.24) is 4.98 Å². The molecule has 0 aliphatic carbocycles. The maximum atomic E-state index is 10.1. The second kappa shape index (κ2) is 6.01. The number of phenolic OH excluding ortho intramolecular Hbond substituents is 1. The van der Waals surface area contributed by atoms with Crippen molar-refractivity contribution in [2.75, 3.05) is 12.4 Å². The fraction of sp³-hybridized carbons (Fsp3) is 0.267. The van der Waals surface area contributed by atoms with E-state index in [4.69, 9.17) is 16.3 Å². The van der Waals surface area contributed by atoms with Gasteiger partial charge in [-0.2, -0.15) is 0 Å². The lowest BCUT2D eigenvalue weighted by Gasteiger charge is -2.13. The number of ether oxygens (including phenoxy) is 1. The summed E-state index contributed by atoms with van der Waals surface area (Å²) >= 11 is 6.00. The Balaban J connectivity index is 2.20. The first-order valence-corrected chi connectivity index (χ1v) is 6.62. The van der Waals surface area contributed by atoms with E-state index >= 15 is 0 Å². The maximum Gasteiger partial charge on any atom is 0.162 e. The number of hydrogen-bond acceptors (Lipinski definition) is 4. The molecule has 0 aliphatic rings. The van der Waals surface area contributed by atoms with Crippen LogP contribution in [-0.4, -0.2) is 17.2 Å². The average Bonchev–Trinajstić information content (AvgIpc) is 2.41.